The summed E-state index contributed by atoms with van der Waals surface area (Å²) in [4.78, 5) is 16.3. The van der Waals surface area contributed by atoms with Crippen molar-refractivity contribution in [2.45, 2.75) is 12.5 Å². The highest BCUT2D eigenvalue weighted by Crippen LogP contribution is 2.24. The highest BCUT2D eigenvalue weighted by atomic mass is 79.9. The van der Waals surface area contributed by atoms with Crippen molar-refractivity contribution in [1.82, 2.24) is 4.98 Å². The third kappa shape index (κ3) is 2.00. The summed E-state index contributed by atoms with van der Waals surface area (Å²) in [7, 11) is 0. The second-order valence-electron chi connectivity index (χ2n) is 3.32. The van der Waals surface area contributed by atoms with Gasteiger partial charge in [-0.15, -0.1) is 0 Å². The van der Waals surface area contributed by atoms with Crippen LogP contribution < -0.4 is 4.90 Å². The van der Waals surface area contributed by atoms with Gasteiger partial charge in [0.05, 0.1) is 19.1 Å². The fourth-order valence-corrected chi connectivity index (χ4v) is 1.80. The van der Waals surface area contributed by atoms with Crippen molar-refractivity contribution in [2.24, 2.45) is 0 Å². The van der Waals surface area contributed by atoms with Crippen LogP contribution >= 0.6 is 15.9 Å². The number of hydrogen-bond donors (Lipinski definition) is 1. The lowest BCUT2D eigenvalue weighted by molar-refractivity contribution is -0.117. The van der Waals surface area contributed by atoms with Gasteiger partial charge < -0.3 is 5.11 Å². The number of carbonyl (C=O) groups is 1. The molecule has 2 heterocycles. The smallest absolute Gasteiger partial charge is 0.230 e. The topological polar surface area (TPSA) is 53.4 Å². The van der Waals surface area contributed by atoms with Gasteiger partial charge in [-0.2, -0.15) is 0 Å². The SMILES string of the molecule is O=C1CC(O)CN1c1ncc(Br)cc1F. The molecular weight excluding hydrogens is 267 g/mol. The molecule has 0 saturated carbocycles. The maximum Gasteiger partial charge on any atom is 0.230 e. The molecule has 1 aromatic heterocycles. The van der Waals surface area contributed by atoms with Gasteiger partial charge in [-0.25, -0.2) is 9.37 Å². The normalized spacial score (nSPS) is 21.1. The number of pyridine rings is 1. The molecule has 2 rings (SSSR count). The van der Waals surface area contributed by atoms with E-state index in [4.69, 9.17) is 0 Å². The van der Waals surface area contributed by atoms with Crippen LogP contribution in [0.15, 0.2) is 16.7 Å². The predicted octanol–water partition coefficient (Wildman–Crippen LogP) is 1.08. The minimum atomic E-state index is -0.734. The lowest BCUT2D eigenvalue weighted by atomic mass is 10.3. The van der Waals surface area contributed by atoms with Crippen LogP contribution in [-0.2, 0) is 4.79 Å². The summed E-state index contributed by atoms with van der Waals surface area (Å²) in [6.45, 7) is 0.102. The molecule has 1 atom stereocenters. The number of anilines is 1. The van der Waals surface area contributed by atoms with Gasteiger partial charge in [0.1, 0.15) is 0 Å². The minimum absolute atomic E-state index is 0.0250. The summed E-state index contributed by atoms with van der Waals surface area (Å²) in [5, 5.41) is 9.25. The van der Waals surface area contributed by atoms with Crippen LogP contribution in [0.2, 0.25) is 0 Å². The average molecular weight is 275 g/mol. The Morgan fingerprint density at radius 2 is 2.40 bits per heavy atom. The van der Waals surface area contributed by atoms with Crippen molar-refractivity contribution >= 4 is 27.7 Å². The van der Waals surface area contributed by atoms with E-state index in [-0.39, 0.29) is 24.7 Å². The molecule has 4 nitrogen and oxygen atoms in total. The van der Waals surface area contributed by atoms with Gasteiger partial charge in [0.2, 0.25) is 5.91 Å². The van der Waals surface area contributed by atoms with E-state index in [0.717, 1.165) is 4.90 Å². The van der Waals surface area contributed by atoms with E-state index in [0.29, 0.717) is 4.47 Å². The molecule has 15 heavy (non-hydrogen) atoms. The summed E-state index contributed by atoms with van der Waals surface area (Å²) in [6.07, 6.45) is 0.704. The van der Waals surface area contributed by atoms with E-state index in [9.17, 15) is 14.3 Å². The van der Waals surface area contributed by atoms with Gasteiger partial charge in [0.15, 0.2) is 11.6 Å². The Hall–Kier alpha value is -1.01. The number of nitrogens with zero attached hydrogens (tertiary/aromatic N) is 2. The Morgan fingerprint density at radius 3 is 2.93 bits per heavy atom. The van der Waals surface area contributed by atoms with Crippen molar-refractivity contribution in [3.8, 4) is 0 Å². The zero-order valence-electron chi connectivity index (χ0n) is 7.65. The molecule has 1 aromatic rings. The molecule has 0 radical (unpaired) electrons. The molecule has 1 aliphatic rings. The fraction of sp³-hybridized carbons (Fsp3) is 0.333. The monoisotopic (exact) mass is 274 g/mol. The summed E-state index contributed by atoms with van der Waals surface area (Å²) in [6, 6.07) is 1.24. The second-order valence-corrected chi connectivity index (χ2v) is 4.24. The quantitative estimate of drug-likeness (QED) is 0.834. The number of halogens is 2. The maximum absolute atomic E-state index is 13.4. The zero-order chi connectivity index (χ0) is 11.0. The first kappa shape index (κ1) is 10.5. The second kappa shape index (κ2) is 3.86. The number of aromatic nitrogens is 1. The predicted molar refractivity (Wildman–Crippen MR) is 54.9 cm³/mol. The molecule has 0 spiro atoms. The van der Waals surface area contributed by atoms with Gasteiger partial charge in [0, 0.05) is 10.7 Å². The summed E-state index contributed by atoms with van der Waals surface area (Å²) >= 11 is 3.08. The van der Waals surface area contributed by atoms with E-state index in [1.165, 1.54) is 12.3 Å². The molecule has 0 aromatic carbocycles. The van der Waals surface area contributed by atoms with Gasteiger partial charge in [-0.05, 0) is 22.0 Å². The molecule has 1 fully saturated rings. The first-order valence-corrected chi connectivity index (χ1v) is 5.16. The van der Waals surface area contributed by atoms with Crippen molar-refractivity contribution in [1.29, 1.82) is 0 Å². The maximum atomic E-state index is 13.4. The standard InChI is InChI=1S/C9H8BrFN2O2/c10-5-1-7(11)9(12-3-5)13-4-6(14)2-8(13)15/h1,3,6,14H,2,4H2. The molecule has 1 unspecified atom stereocenters. The van der Waals surface area contributed by atoms with Gasteiger partial charge in [-0.1, -0.05) is 0 Å². The number of aliphatic hydroxyl groups excluding tert-OH is 1. The highest BCUT2D eigenvalue weighted by Gasteiger charge is 2.31. The van der Waals surface area contributed by atoms with Crippen LogP contribution in [0, 0.1) is 5.82 Å². The van der Waals surface area contributed by atoms with Crippen LogP contribution in [0.25, 0.3) is 0 Å². The molecule has 6 heteroatoms. The van der Waals surface area contributed by atoms with Gasteiger partial charge in [0.25, 0.3) is 0 Å². The Kier molecular flexibility index (Phi) is 2.70. The van der Waals surface area contributed by atoms with E-state index in [1.807, 2.05) is 0 Å². The van der Waals surface area contributed by atoms with Crippen molar-refractivity contribution in [3.05, 3.63) is 22.6 Å². The lowest BCUT2D eigenvalue weighted by Crippen LogP contribution is -2.27. The Balaban J connectivity index is 2.34. The summed E-state index contributed by atoms with van der Waals surface area (Å²) < 4.78 is 13.9. The Bertz CT molecular complexity index is 413. The number of β-amino-alcohol motifs (C(OH)–C–C–N with tert-alkyl or cyclic N) is 1. The van der Waals surface area contributed by atoms with Gasteiger partial charge >= 0.3 is 0 Å². The highest BCUT2D eigenvalue weighted by molar-refractivity contribution is 9.10. The first-order chi connectivity index (χ1) is 7.08. The molecule has 1 aliphatic heterocycles. The lowest BCUT2D eigenvalue weighted by Gasteiger charge is -2.14. The number of carbonyl (C=O) groups excluding carboxylic acids is 1. The molecular formula is C9H8BrFN2O2. The number of aliphatic hydroxyl groups is 1. The average Bonchev–Trinajstić information content (AvgIpc) is 2.45. The molecule has 80 valence electrons. The Labute approximate surface area is 93.9 Å². The first-order valence-electron chi connectivity index (χ1n) is 4.37. The third-order valence-corrected chi connectivity index (χ3v) is 2.58. The van der Waals surface area contributed by atoms with Crippen LogP contribution in [0.1, 0.15) is 6.42 Å². The third-order valence-electron chi connectivity index (χ3n) is 2.15. The van der Waals surface area contributed by atoms with E-state index < -0.39 is 11.9 Å². The van der Waals surface area contributed by atoms with E-state index >= 15 is 0 Å². The molecule has 0 bridgehead atoms. The molecule has 1 amide bonds. The van der Waals surface area contributed by atoms with Crippen LogP contribution in [-0.4, -0.2) is 28.6 Å². The molecule has 1 N–H and O–H groups in total. The van der Waals surface area contributed by atoms with Crippen molar-refractivity contribution in [3.63, 3.8) is 0 Å². The van der Waals surface area contributed by atoms with Crippen LogP contribution in [0.5, 0.6) is 0 Å². The Morgan fingerprint density at radius 1 is 1.67 bits per heavy atom. The van der Waals surface area contributed by atoms with Crippen LogP contribution in [0.4, 0.5) is 10.2 Å². The van der Waals surface area contributed by atoms with Gasteiger partial charge in [-0.3, -0.25) is 9.69 Å². The summed E-state index contributed by atoms with van der Waals surface area (Å²) in [5.74, 6) is -0.914. The van der Waals surface area contributed by atoms with Crippen LogP contribution in [0.3, 0.4) is 0 Å². The van der Waals surface area contributed by atoms with E-state index in [1.54, 1.807) is 0 Å². The van der Waals surface area contributed by atoms with E-state index in [2.05, 4.69) is 20.9 Å². The molecule has 1 saturated heterocycles. The number of rotatable bonds is 1. The zero-order valence-corrected chi connectivity index (χ0v) is 9.24. The number of hydrogen-bond acceptors (Lipinski definition) is 3. The van der Waals surface area contributed by atoms with Crippen molar-refractivity contribution < 1.29 is 14.3 Å². The summed E-state index contributed by atoms with van der Waals surface area (Å²) in [5.41, 5.74) is 0. The number of amides is 1. The largest absolute Gasteiger partial charge is 0.391 e. The fourth-order valence-electron chi connectivity index (χ4n) is 1.50. The minimum Gasteiger partial charge on any atom is -0.391 e. The van der Waals surface area contributed by atoms with Crippen molar-refractivity contribution in [2.75, 3.05) is 11.4 Å². The molecule has 0 aliphatic carbocycles.